The van der Waals surface area contributed by atoms with Crippen molar-refractivity contribution in [3.8, 4) is 11.1 Å². The SMILES string of the molecule is Cc1cc(C(=O)O)c(-c2ccncc2)cn1. The van der Waals surface area contributed by atoms with Gasteiger partial charge in [0, 0.05) is 29.8 Å². The Balaban J connectivity index is 2.61. The lowest BCUT2D eigenvalue weighted by molar-refractivity contribution is 0.0697. The van der Waals surface area contributed by atoms with Crippen LogP contribution in [0, 0.1) is 6.92 Å². The number of aromatic nitrogens is 2. The van der Waals surface area contributed by atoms with Gasteiger partial charge in [-0.15, -0.1) is 0 Å². The van der Waals surface area contributed by atoms with Crippen molar-refractivity contribution in [3.05, 3.63) is 48.0 Å². The maximum absolute atomic E-state index is 11.1. The van der Waals surface area contributed by atoms with Gasteiger partial charge in [0.05, 0.1) is 5.56 Å². The molecule has 0 amide bonds. The predicted molar refractivity (Wildman–Crippen MR) is 59.2 cm³/mol. The van der Waals surface area contributed by atoms with E-state index in [0.717, 1.165) is 5.56 Å². The van der Waals surface area contributed by atoms with Crippen molar-refractivity contribution in [1.29, 1.82) is 0 Å². The summed E-state index contributed by atoms with van der Waals surface area (Å²) in [6.07, 6.45) is 4.83. The van der Waals surface area contributed by atoms with Gasteiger partial charge in [-0.1, -0.05) is 0 Å². The van der Waals surface area contributed by atoms with Crippen LogP contribution in [0.3, 0.4) is 0 Å². The summed E-state index contributed by atoms with van der Waals surface area (Å²) in [7, 11) is 0. The summed E-state index contributed by atoms with van der Waals surface area (Å²) >= 11 is 0. The van der Waals surface area contributed by atoms with Crippen LogP contribution in [0.4, 0.5) is 0 Å². The molecule has 16 heavy (non-hydrogen) atoms. The highest BCUT2D eigenvalue weighted by Gasteiger charge is 2.12. The molecule has 2 aromatic rings. The number of carboxylic acid groups (broad SMARTS) is 1. The summed E-state index contributed by atoms with van der Waals surface area (Å²) in [5, 5.41) is 9.11. The highest BCUT2D eigenvalue weighted by Crippen LogP contribution is 2.22. The lowest BCUT2D eigenvalue weighted by atomic mass is 10.0. The van der Waals surface area contributed by atoms with Crippen molar-refractivity contribution in [2.75, 3.05) is 0 Å². The molecule has 0 aliphatic rings. The molecule has 2 aromatic heterocycles. The molecule has 0 saturated heterocycles. The van der Waals surface area contributed by atoms with E-state index in [1.807, 2.05) is 0 Å². The number of hydrogen-bond donors (Lipinski definition) is 1. The van der Waals surface area contributed by atoms with Gasteiger partial charge in [0.2, 0.25) is 0 Å². The van der Waals surface area contributed by atoms with Crippen LogP contribution >= 0.6 is 0 Å². The van der Waals surface area contributed by atoms with E-state index in [9.17, 15) is 4.79 Å². The molecule has 2 heterocycles. The Morgan fingerprint density at radius 1 is 1.31 bits per heavy atom. The number of aryl methyl sites for hydroxylation is 1. The number of pyridine rings is 2. The van der Waals surface area contributed by atoms with Crippen molar-refractivity contribution in [3.63, 3.8) is 0 Å². The van der Waals surface area contributed by atoms with Gasteiger partial charge in [-0.2, -0.15) is 0 Å². The van der Waals surface area contributed by atoms with Gasteiger partial charge < -0.3 is 5.11 Å². The predicted octanol–water partition coefficient (Wildman–Crippen LogP) is 2.15. The third-order valence-corrected chi connectivity index (χ3v) is 2.26. The Morgan fingerprint density at radius 3 is 2.62 bits per heavy atom. The molecule has 1 N–H and O–H groups in total. The first-order valence-corrected chi connectivity index (χ1v) is 4.79. The standard InChI is InChI=1S/C12H10N2O2/c1-8-6-10(12(15)16)11(7-14-8)9-2-4-13-5-3-9/h2-7H,1H3,(H,15,16). The molecule has 80 valence electrons. The van der Waals surface area contributed by atoms with Gasteiger partial charge >= 0.3 is 5.97 Å². The third kappa shape index (κ3) is 1.91. The number of aromatic carboxylic acids is 1. The van der Waals surface area contributed by atoms with Gasteiger partial charge in [0.1, 0.15) is 0 Å². The zero-order valence-electron chi connectivity index (χ0n) is 8.71. The van der Waals surface area contributed by atoms with Crippen LogP contribution < -0.4 is 0 Å². The summed E-state index contributed by atoms with van der Waals surface area (Å²) in [4.78, 5) is 19.1. The second-order valence-electron chi connectivity index (χ2n) is 3.41. The minimum Gasteiger partial charge on any atom is -0.478 e. The Hall–Kier alpha value is -2.23. The van der Waals surface area contributed by atoms with Crippen LogP contribution in [0.15, 0.2) is 36.8 Å². The van der Waals surface area contributed by atoms with Crippen LogP contribution in [0.1, 0.15) is 16.1 Å². The van der Waals surface area contributed by atoms with Crippen molar-refractivity contribution in [2.45, 2.75) is 6.92 Å². The molecule has 0 fully saturated rings. The van der Waals surface area contributed by atoms with Crippen LogP contribution in [0.2, 0.25) is 0 Å². The number of nitrogens with zero attached hydrogens (tertiary/aromatic N) is 2. The van der Waals surface area contributed by atoms with Gasteiger partial charge in [-0.25, -0.2) is 4.79 Å². The lowest BCUT2D eigenvalue weighted by Crippen LogP contribution is -2.01. The summed E-state index contributed by atoms with van der Waals surface area (Å²) in [5.41, 5.74) is 2.37. The van der Waals surface area contributed by atoms with E-state index in [1.165, 1.54) is 0 Å². The topological polar surface area (TPSA) is 63.1 Å². The maximum Gasteiger partial charge on any atom is 0.336 e. The fourth-order valence-corrected chi connectivity index (χ4v) is 1.50. The van der Waals surface area contributed by atoms with Gasteiger partial charge in [0.15, 0.2) is 0 Å². The van der Waals surface area contributed by atoms with Crippen molar-refractivity contribution < 1.29 is 9.90 Å². The summed E-state index contributed by atoms with van der Waals surface area (Å²) in [6, 6.07) is 5.09. The van der Waals surface area contributed by atoms with E-state index in [0.29, 0.717) is 11.3 Å². The van der Waals surface area contributed by atoms with Crippen LogP contribution in [-0.4, -0.2) is 21.0 Å². The van der Waals surface area contributed by atoms with E-state index in [2.05, 4.69) is 9.97 Å². The molecule has 4 heteroatoms. The van der Waals surface area contributed by atoms with Crippen molar-refractivity contribution in [2.24, 2.45) is 0 Å². The molecule has 0 unspecified atom stereocenters. The molecule has 0 atom stereocenters. The molecule has 0 aliphatic heterocycles. The number of hydrogen-bond acceptors (Lipinski definition) is 3. The zero-order chi connectivity index (χ0) is 11.5. The Labute approximate surface area is 92.6 Å². The molecule has 2 rings (SSSR count). The quantitative estimate of drug-likeness (QED) is 0.831. The summed E-state index contributed by atoms with van der Waals surface area (Å²) < 4.78 is 0. The van der Waals surface area contributed by atoms with E-state index in [-0.39, 0.29) is 5.56 Å². The molecule has 0 radical (unpaired) electrons. The maximum atomic E-state index is 11.1. The largest absolute Gasteiger partial charge is 0.478 e. The molecule has 0 bridgehead atoms. The monoisotopic (exact) mass is 214 g/mol. The Bertz CT molecular complexity index is 524. The average molecular weight is 214 g/mol. The molecule has 0 aromatic carbocycles. The zero-order valence-corrected chi connectivity index (χ0v) is 8.71. The average Bonchev–Trinajstić information content (AvgIpc) is 2.30. The van der Waals surface area contributed by atoms with Crippen LogP contribution in [-0.2, 0) is 0 Å². The Morgan fingerprint density at radius 2 is 2.00 bits per heavy atom. The Kier molecular flexibility index (Phi) is 2.64. The van der Waals surface area contributed by atoms with Gasteiger partial charge in [-0.3, -0.25) is 9.97 Å². The minimum absolute atomic E-state index is 0.263. The van der Waals surface area contributed by atoms with Crippen molar-refractivity contribution >= 4 is 5.97 Å². The second-order valence-corrected chi connectivity index (χ2v) is 3.41. The molecular formula is C12H10N2O2. The smallest absolute Gasteiger partial charge is 0.336 e. The van der Waals surface area contributed by atoms with Crippen LogP contribution in [0.5, 0.6) is 0 Å². The molecule has 0 saturated carbocycles. The number of rotatable bonds is 2. The first-order valence-electron chi connectivity index (χ1n) is 4.79. The van der Waals surface area contributed by atoms with E-state index in [1.54, 1.807) is 43.7 Å². The number of carboxylic acids is 1. The summed E-state index contributed by atoms with van der Waals surface area (Å²) in [6.45, 7) is 1.77. The molecule has 4 nitrogen and oxygen atoms in total. The first kappa shape index (κ1) is 10.3. The lowest BCUT2D eigenvalue weighted by Gasteiger charge is -2.06. The normalized spacial score (nSPS) is 10.1. The van der Waals surface area contributed by atoms with Gasteiger partial charge in [0.25, 0.3) is 0 Å². The number of carbonyl (C=O) groups is 1. The van der Waals surface area contributed by atoms with E-state index in [4.69, 9.17) is 5.11 Å². The van der Waals surface area contributed by atoms with Crippen molar-refractivity contribution in [1.82, 2.24) is 9.97 Å². The first-order chi connectivity index (χ1) is 7.68. The highest BCUT2D eigenvalue weighted by atomic mass is 16.4. The molecular weight excluding hydrogens is 204 g/mol. The highest BCUT2D eigenvalue weighted by molar-refractivity contribution is 5.95. The second kappa shape index (κ2) is 4.10. The molecule has 0 aliphatic carbocycles. The van der Waals surface area contributed by atoms with E-state index >= 15 is 0 Å². The van der Waals surface area contributed by atoms with Gasteiger partial charge in [-0.05, 0) is 30.7 Å². The third-order valence-electron chi connectivity index (χ3n) is 2.26. The summed E-state index contributed by atoms with van der Waals surface area (Å²) in [5.74, 6) is -0.947. The van der Waals surface area contributed by atoms with Crippen LogP contribution in [0.25, 0.3) is 11.1 Å². The fourth-order valence-electron chi connectivity index (χ4n) is 1.50. The minimum atomic E-state index is -0.947. The molecule has 0 spiro atoms. The van der Waals surface area contributed by atoms with E-state index < -0.39 is 5.97 Å². The fraction of sp³-hybridized carbons (Fsp3) is 0.0833.